The molecular formula is C24H25NO6S. The number of aryl methyl sites for hydroxylation is 2. The largest absolute Gasteiger partial charge is 0.484 e. The van der Waals surface area contributed by atoms with Crippen LogP contribution in [0.4, 0.5) is 5.00 Å². The van der Waals surface area contributed by atoms with Gasteiger partial charge in [-0.2, -0.15) is 0 Å². The van der Waals surface area contributed by atoms with Crippen LogP contribution >= 0.6 is 11.3 Å². The predicted molar refractivity (Wildman–Crippen MR) is 123 cm³/mol. The highest BCUT2D eigenvalue weighted by atomic mass is 32.1. The summed E-state index contributed by atoms with van der Waals surface area (Å²) in [4.78, 5) is 38.0. The minimum Gasteiger partial charge on any atom is -0.484 e. The van der Waals surface area contributed by atoms with Gasteiger partial charge in [-0.3, -0.25) is 4.79 Å². The third-order valence-electron chi connectivity index (χ3n) is 5.34. The Kier molecular flexibility index (Phi) is 6.60. The van der Waals surface area contributed by atoms with E-state index in [4.69, 9.17) is 13.9 Å². The van der Waals surface area contributed by atoms with Crippen LogP contribution in [-0.4, -0.2) is 25.1 Å². The van der Waals surface area contributed by atoms with Crippen LogP contribution < -0.4 is 15.7 Å². The Morgan fingerprint density at radius 2 is 2.03 bits per heavy atom. The van der Waals surface area contributed by atoms with E-state index in [-0.39, 0.29) is 19.1 Å². The normalized spacial score (nSPS) is 12.6. The summed E-state index contributed by atoms with van der Waals surface area (Å²) in [5.74, 6) is -0.365. The first kappa shape index (κ1) is 22.1. The number of anilines is 1. The molecule has 1 aliphatic rings. The fourth-order valence-corrected chi connectivity index (χ4v) is 5.29. The Balaban J connectivity index is 1.47. The quantitative estimate of drug-likeness (QED) is 0.397. The Bertz CT molecular complexity index is 1230. The number of carbonyl (C=O) groups excluding carboxylic acids is 2. The van der Waals surface area contributed by atoms with Gasteiger partial charge >= 0.3 is 11.6 Å². The van der Waals surface area contributed by atoms with Crippen LogP contribution in [0.25, 0.3) is 11.0 Å². The van der Waals surface area contributed by atoms with E-state index in [1.54, 1.807) is 19.1 Å². The average molecular weight is 456 g/mol. The highest BCUT2D eigenvalue weighted by molar-refractivity contribution is 7.17. The summed E-state index contributed by atoms with van der Waals surface area (Å²) in [7, 11) is 0. The molecule has 0 atom stereocenters. The van der Waals surface area contributed by atoms with Crippen molar-refractivity contribution in [2.75, 3.05) is 18.5 Å². The Hall–Kier alpha value is -3.13. The molecule has 7 nitrogen and oxygen atoms in total. The molecule has 0 spiro atoms. The summed E-state index contributed by atoms with van der Waals surface area (Å²) in [5.41, 5.74) is 2.40. The lowest BCUT2D eigenvalue weighted by Gasteiger charge is -2.10. The molecule has 3 aromatic rings. The maximum absolute atomic E-state index is 12.5. The van der Waals surface area contributed by atoms with Crippen LogP contribution in [0.5, 0.6) is 5.75 Å². The second kappa shape index (κ2) is 9.56. The topological polar surface area (TPSA) is 94.8 Å². The second-order valence-electron chi connectivity index (χ2n) is 7.62. The van der Waals surface area contributed by atoms with E-state index < -0.39 is 11.6 Å². The smallest absolute Gasteiger partial charge is 0.341 e. The molecule has 2 heterocycles. The molecule has 8 heteroatoms. The summed E-state index contributed by atoms with van der Waals surface area (Å²) in [6.45, 7) is 3.84. The third kappa shape index (κ3) is 4.55. The van der Waals surface area contributed by atoms with Crippen LogP contribution in [0, 0.1) is 0 Å². The highest BCUT2D eigenvalue weighted by Gasteiger charge is 2.28. The predicted octanol–water partition coefficient (Wildman–Crippen LogP) is 4.49. The molecule has 168 valence electrons. The first-order valence-electron chi connectivity index (χ1n) is 10.8. The molecule has 0 fully saturated rings. The van der Waals surface area contributed by atoms with E-state index in [9.17, 15) is 14.4 Å². The van der Waals surface area contributed by atoms with Crippen LogP contribution in [0.3, 0.4) is 0 Å². The maximum atomic E-state index is 12.5. The fraction of sp³-hybridized carbons (Fsp3) is 0.375. The molecule has 0 aliphatic heterocycles. The number of rotatable bonds is 8. The van der Waals surface area contributed by atoms with Crippen molar-refractivity contribution >= 4 is 39.2 Å². The van der Waals surface area contributed by atoms with E-state index in [0.29, 0.717) is 21.9 Å². The average Bonchev–Trinajstić information content (AvgIpc) is 3.33. The van der Waals surface area contributed by atoms with E-state index in [2.05, 4.69) is 5.32 Å². The molecule has 1 aromatic carbocycles. The zero-order chi connectivity index (χ0) is 22.7. The Morgan fingerprint density at radius 1 is 1.19 bits per heavy atom. The van der Waals surface area contributed by atoms with Crippen LogP contribution in [0.15, 0.2) is 33.5 Å². The van der Waals surface area contributed by atoms with Gasteiger partial charge in [0.25, 0.3) is 5.91 Å². The van der Waals surface area contributed by atoms with E-state index in [1.165, 1.54) is 17.4 Å². The van der Waals surface area contributed by atoms with Crippen molar-refractivity contribution in [3.63, 3.8) is 0 Å². The lowest BCUT2D eigenvalue weighted by atomic mass is 10.1. The zero-order valence-corrected chi connectivity index (χ0v) is 18.9. The molecule has 0 bridgehead atoms. The Labute approximate surface area is 189 Å². The first-order valence-corrected chi connectivity index (χ1v) is 11.6. The van der Waals surface area contributed by atoms with Crippen LogP contribution in [0.1, 0.15) is 53.1 Å². The molecule has 0 radical (unpaired) electrons. The van der Waals surface area contributed by atoms with Gasteiger partial charge in [0.05, 0.1) is 12.2 Å². The minimum absolute atomic E-state index is 0.241. The number of esters is 1. The minimum atomic E-state index is -0.409. The second-order valence-corrected chi connectivity index (χ2v) is 8.72. The van der Waals surface area contributed by atoms with Crippen molar-refractivity contribution in [3.05, 3.63) is 56.3 Å². The fourth-order valence-electron chi connectivity index (χ4n) is 4.00. The summed E-state index contributed by atoms with van der Waals surface area (Å²) in [6.07, 6.45) is 4.41. The molecule has 32 heavy (non-hydrogen) atoms. The lowest BCUT2D eigenvalue weighted by molar-refractivity contribution is -0.118. The maximum Gasteiger partial charge on any atom is 0.341 e. The van der Waals surface area contributed by atoms with Gasteiger partial charge in [-0.1, -0.05) is 13.3 Å². The van der Waals surface area contributed by atoms with Crippen molar-refractivity contribution in [2.45, 2.75) is 46.0 Å². The number of hydrogen-bond donors (Lipinski definition) is 1. The monoisotopic (exact) mass is 455 g/mol. The molecule has 1 aliphatic carbocycles. The number of fused-ring (bicyclic) bond motifs is 2. The molecule has 4 rings (SSSR count). The van der Waals surface area contributed by atoms with Crippen molar-refractivity contribution in [3.8, 4) is 5.75 Å². The van der Waals surface area contributed by atoms with Gasteiger partial charge < -0.3 is 19.2 Å². The molecule has 2 aromatic heterocycles. The van der Waals surface area contributed by atoms with Crippen LogP contribution in [-0.2, 0) is 28.8 Å². The van der Waals surface area contributed by atoms with Gasteiger partial charge in [-0.25, -0.2) is 9.59 Å². The van der Waals surface area contributed by atoms with E-state index >= 15 is 0 Å². The van der Waals surface area contributed by atoms with Crippen molar-refractivity contribution < 1.29 is 23.5 Å². The molecular weight excluding hydrogens is 430 g/mol. The number of carbonyl (C=O) groups is 2. The van der Waals surface area contributed by atoms with Gasteiger partial charge in [0.15, 0.2) is 6.61 Å². The summed E-state index contributed by atoms with van der Waals surface area (Å²) >= 11 is 1.42. The molecule has 1 amide bonds. The standard InChI is InChI=1S/C24H25NO6S/c1-3-6-14-11-21(27)31-18-12-15(9-10-16(14)18)30-13-20(26)25-23-22(24(28)29-4-2)17-7-5-8-19(17)32-23/h9-12H,3-8,13H2,1-2H3,(H,25,26). The third-order valence-corrected chi connectivity index (χ3v) is 6.55. The molecule has 0 unspecified atom stereocenters. The molecule has 0 saturated heterocycles. The van der Waals surface area contributed by atoms with Gasteiger partial charge in [0, 0.05) is 22.4 Å². The van der Waals surface area contributed by atoms with Crippen molar-refractivity contribution in [2.24, 2.45) is 0 Å². The number of amides is 1. The molecule has 1 N–H and O–H groups in total. The lowest BCUT2D eigenvalue weighted by Crippen LogP contribution is -2.21. The zero-order valence-electron chi connectivity index (χ0n) is 18.1. The van der Waals surface area contributed by atoms with Gasteiger partial charge in [0.1, 0.15) is 16.3 Å². The Morgan fingerprint density at radius 3 is 2.81 bits per heavy atom. The number of thiophene rings is 1. The molecule has 0 saturated carbocycles. The van der Waals surface area contributed by atoms with Gasteiger partial charge in [0.2, 0.25) is 0 Å². The highest BCUT2D eigenvalue weighted by Crippen LogP contribution is 2.39. The van der Waals surface area contributed by atoms with Crippen molar-refractivity contribution in [1.29, 1.82) is 0 Å². The first-order chi connectivity index (χ1) is 15.5. The van der Waals surface area contributed by atoms with Gasteiger partial charge in [-0.05, 0) is 55.9 Å². The van der Waals surface area contributed by atoms with Gasteiger partial charge in [-0.15, -0.1) is 11.3 Å². The van der Waals surface area contributed by atoms with Crippen LogP contribution in [0.2, 0.25) is 0 Å². The summed E-state index contributed by atoms with van der Waals surface area (Å²) in [6, 6.07) is 6.71. The SMILES string of the molecule is CCCc1cc(=O)oc2cc(OCC(=O)Nc3sc4c(c3C(=O)OCC)CCC4)ccc12. The summed E-state index contributed by atoms with van der Waals surface area (Å²) < 4.78 is 16.1. The number of nitrogens with one attached hydrogen (secondary N) is 1. The van der Waals surface area contributed by atoms with E-state index in [1.807, 2.05) is 13.0 Å². The number of ether oxygens (including phenoxy) is 2. The number of benzene rings is 1. The van der Waals surface area contributed by atoms with Crippen molar-refractivity contribution in [1.82, 2.24) is 0 Å². The number of hydrogen-bond acceptors (Lipinski definition) is 7. The summed E-state index contributed by atoms with van der Waals surface area (Å²) in [5, 5.41) is 4.17. The van der Waals surface area contributed by atoms with E-state index in [0.717, 1.165) is 53.5 Å².